The molecule has 2 aromatic rings. The van der Waals surface area contributed by atoms with Gasteiger partial charge in [-0.3, -0.25) is 14.8 Å². The van der Waals surface area contributed by atoms with Crippen molar-refractivity contribution in [3.8, 4) is 6.07 Å². The number of ether oxygens (including phenoxy) is 1. The second kappa shape index (κ2) is 9.01. The number of urea groups is 1. The first-order valence-electron chi connectivity index (χ1n) is 12.3. The fourth-order valence-electron chi connectivity index (χ4n) is 6.08. The van der Waals surface area contributed by atoms with Gasteiger partial charge in [-0.2, -0.15) is 5.26 Å². The number of anilines is 1. The third-order valence-electron chi connectivity index (χ3n) is 8.22. The summed E-state index contributed by atoms with van der Waals surface area (Å²) in [6.45, 7) is 2.01. The van der Waals surface area contributed by atoms with E-state index in [1.54, 1.807) is 11.1 Å². The van der Waals surface area contributed by atoms with E-state index >= 15 is 0 Å². The zero-order chi connectivity index (χ0) is 23.8. The van der Waals surface area contributed by atoms with Gasteiger partial charge in [0.25, 0.3) is 0 Å². The second-order valence-corrected chi connectivity index (χ2v) is 10.2. The molecule has 3 aliphatic rings. The molecule has 178 valence electrons. The summed E-state index contributed by atoms with van der Waals surface area (Å²) in [6, 6.07) is 14.8. The summed E-state index contributed by atoms with van der Waals surface area (Å²) in [5, 5.41) is 13.1. The lowest BCUT2D eigenvalue weighted by atomic mass is 9.69. The summed E-state index contributed by atoms with van der Waals surface area (Å²) in [5.74, 6) is 0.242. The maximum atomic E-state index is 13.1. The predicted molar refractivity (Wildman–Crippen MR) is 131 cm³/mol. The molecule has 1 aromatic heterocycles. The number of nitrogens with zero attached hydrogens (tertiary/aromatic N) is 4. The van der Waals surface area contributed by atoms with Gasteiger partial charge in [-0.05, 0) is 64.3 Å². The van der Waals surface area contributed by atoms with Crippen molar-refractivity contribution in [1.29, 1.82) is 5.26 Å². The maximum Gasteiger partial charge on any atom is 0.322 e. The number of rotatable bonds is 4. The SMILES string of the molecule is CN(C)[C@]1(c2ccccc2)CC[C@]2(CC1)CN(c1cnc(C3CCOCC3)c(C#N)c1)C(=O)N2. The Hall–Kier alpha value is -2.95. The molecule has 5 rings (SSSR count). The fraction of sp³-hybridized carbons (Fsp3) is 0.519. The molecule has 1 aromatic carbocycles. The first kappa shape index (κ1) is 22.8. The van der Waals surface area contributed by atoms with Gasteiger partial charge in [0.1, 0.15) is 6.07 Å². The summed E-state index contributed by atoms with van der Waals surface area (Å²) in [6.07, 6.45) is 7.28. The number of aromatic nitrogens is 1. The minimum absolute atomic E-state index is 0.0223. The van der Waals surface area contributed by atoms with Crippen molar-refractivity contribution in [2.45, 2.75) is 55.5 Å². The van der Waals surface area contributed by atoms with Gasteiger partial charge in [0.15, 0.2) is 0 Å². The van der Waals surface area contributed by atoms with Crippen molar-refractivity contribution in [3.05, 3.63) is 59.4 Å². The van der Waals surface area contributed by atoms with Crippen LogP contribution in [0.3, 0.4) is 0 Å². The summed E-state index contributed by atoms with van der Waals surface area (Å²) < 4.78 is 5.46. The second-order valence-electron chi connectivity index (χ2n) is 10.2. The molecule has 0 bridgehead atoms. The van der Waals surface area contributed by atoms with E-state index in [-0.39, 0.29) is 23.0 Å². The Morgan fingerprint density at radius 1 is 1.15 bits per heavy atom. The first-order chi connectivity index (χ1) is 16.5. The van der Waals surface area contributed by atoms with Crippen molar-refractivity contribution >= 4 is 11.7 Å². The van der Waals surface area contributed by atoms with Crippen molar-refractivity contribution in [2.75, 3.05) is 38.8 Å². The van der Waals surface area contributed by atoms with Gasteiger partial charge < -0.3 is 10.1 Å². The Labute approximate surface area is 201 Å². The Kier molecular flexibility index (Phi) is 6.05. The summed E-state index contributed by atoms with van der Waals surface area (Å²) in [4.78, 5) is 21.8. The van der Waals surface area contributed by atoms with Crippen LogP contribution in [0.4, 0.5) is 10.5 Å². The molecule has 1 aliphatic carbocycles. The normalized spacial score (nSPS) is 27.7. The molecule has 0 unspecified atom stereocenters. The van der Waals surface area contributed by atoms with E-state index in [1.165, 1.54) is 5.56 Å². The summed E-state index contributed by atoms with van der Waals surface area (Å²) in [5.41, 5.74) is 3.16. The third kappa shape index (κ3) is 3.95. The number of amides is 2. The molecule has 2 amide bonds. The number of nitriles is 1. The highest BCUT2D eigenvalue weighted by Crippen LogP contribution is 2.46. The summed E-state index contributed by atoms with van der Waals surface area (Å²) >= 11 is 0. The van der Waals surface area contributed by atoms with Crippen LogP contribution in [0.25, 0.3) is 0 Å². The molecular formula is C27H33N5O2. The van der Waals surface area contributed by atoms with Crippen molar-refractivity contribution in [2.24, 2.45) is 0 Å². The molecular weight excluding hydrogens is 426 g/mol. The number of carbonyl (C=O) groups is 1. The molecule has 1 N–H and O–H groups in total. The van der Waals surface area contributed by atoms with Crippen LogP contribution >= 0.6 is 0 Å². The zero-order valence-electron chi connectivity index (χ0n) is 20.1. The number of hydrogen-bond donors (Lipinski definition) is 1. The van der Waals surface area contributed by atoms with Crippen LogP contribution in [-0.2, 0) is 10.3 Å². The highest BCUT2D eigenvalue weighted by atomic mass is 16.5. The molecule has 2 saturated heterocycles. The Morgan fingerprint density at radius 3 is 2.50 bits per heavy atom. The van der Waals surface area contributed by atoms with Crippen LogP contribution in [0.15, 0.2) is 42.6 Å². The number of carbonyl (C=O) groups excluding carboxylic acids is 1. The lowest BCUT2D eigenvalue weighted by Gasteiger charge is -2.48. The first-order valence-corrected chi connectivity index (χ1v) is 12.3. The van der Waals surface area contributed by atoms with E-state index in [0.717, 1.165) is 44.2 Å². The highest BCUT2D eigenvalue weighted by Gasteiger charge is 2.50. The molecule has 2 aliphatic heterocycles. The van der Waals surface area contributed by atoms with Crippen LogP contribution in [0, 0.1) is 11.3 Å². The van der Waals surface area contributed by atoms with E-state index in [2.05, 4.69) is 65.7 Å². The van der Waals surface area contributed by atoms with Gasteiger partial charge in [-0.15, -0.1) is 0 Å². The standard InChI is InChI=1S/C27H33N5O2/c1-31(2)27(22-6-4-3-5-7-22)12-10-26(11-13-27)19-32(25(33)30-26)23-16-21(17-28)24(29-18-23)20-8-14-34-15-9-20/h3-7,16,18,20H,8-15,19H2,1-2H3,(H,30,33)/t26-,27+. The molecule has 3 heterocycles. The number of nitrogens with one attached hydrogen (secondary N) is 1. The topological polar surface area (TPSA) is 81.5 Å². The van der Waals surface area contributed by atoms with E-state index in [1.807, 2.05) is 6.07 Å². The number of benzene rings is 1. The monoisotopic (exact) mass is 459 g/mol. The molecule has 1 saturated carbocycles. The average molecular weight is 460 g/mol. The van der Waals surface area contributed by atoms with Crippen molar-refractivity contribution < 1.29 is 9.53 Å². The third-order valence-corrected chi connectivity index (χ3v) is 8.22. The number of hydrogen-bond acceptors (Lipinski definition) is 5. The lowest BCUT2D eigenvalue weighted by molar-refractivity contribution is 0.0658. The smallest absolute Gasteiger partial charge is 0.322 e. The van der Waals surface area contributed by atoms with Gasteiger partial charge in [0, 0.05) is 24.7 Å². The minimum Gasteiger partial charge on any atom is -0.381 e. The maximum absolute atomic E-state index is 13.1. The largest absolute Gasteiger partial charge is 0.381 e. The molecule has 7 nitrogen and oxygen atoms in total. The quantitative estimate of drug-likeness (QED) is 0.743. The molecule has 34 heavy (non-hydrogen) atoms. The Morgan fingerprint density at radius 2 is 1.85 bits per heavy atom. The zero-order valence-corrected chi connectivity index (χ0v) is 20.1. The predicted octanol–water partition coefficient (Wildman–Crippen LogP) is 4.15. The average Bonchev–Trinajstić information content (AvgIpc) is 3.20. The van der Waals surface area contributed by atoms with E-state index in [4.69, 9.17) is 4.74 Å². The van der Waals surface area contributed by atoms with Crippen LogP contribution < -0.4 is 10.2 Å². The highest BCUT2D eigenvalue weighted by molar-refractivity contribution is 5.95. The number of pyridine rings is 1. The lowest BCUT2D eigenvalue weighted by Crippen LogP contribution is -2.54. The molecule has 3 fully saturated rings. The van der Waals surface area contributed by atoms with Crippen LogP contribution in [0.1, 0.15) is 61.3 Å². The van der Waals surface area contributed by atoms with E-state index < -0.39 is 0 Å². The molecule has 1 spiro atoms. The summed E-state index contributed by atoms with van der Waals surface area (Å²) in [7, 11) is 4.30. The molecule has 0 radical (unpaired) electrons. The Balaban J connectivity index is 1.35. The molecule has 0 atom stereocenters. The minimum atomic E-state index is -0.252. The Bertz CT molecular complexity index is 1080. The van der Waals surface area contributed by atoms with Gasteiger partial charge in [0.05, 0.1) is 35.2 Å². The van der Waals surface area contributed by atoms with Crippen molar-refractivity contribution in [1.82, 2.24) is 15.2 Å². The van der Waals surface area contributed by atoms with E-state index in [9.17, 15) is 10.1 Å². The molecule has 7 heteroatoms. The van der Waals surface area contributed by atoms with Crippen molar-refractivity contribution in [3.63, 3.8) is 0 Å². The van der Waals surface area contributed by atoms with Gasteiger partial charge in [-0.25, -0.2) is 4.79 Å². The van der Waals surface area contributed by atoms with Gasteiger partial charge >= 0.3 is 6.03 Å². The van der Waals surface area contributed by atoms with E-state index in [0.29, 0.717) is 31.0 Å². The fourth-order valence-corrected chi connectivity index (χ4v) is 6.08. The van der Waals surface area contributed by atoms with Gasteiger partial charge in [-0.1, -0.05) is 30.3 Å². The van der Waals surface area contributed by atoms with Crippen LogP contribution in [0.5, 0.6) is 0 Å². The van der Waals surface area contributed by atoms with Gasteiger partial charge in [0.2, 0.25) is 0 Å². The van der Waals surface area contributed by atoms with Crippen LogP contribution in [0.2, 0.25) is 0 Å². The van der Waals surface area contributed by atoms with Crippen LogP contribution in [-0.4, -0.2) is 55.3 Å².